The van der Waals surface area contributed by atoms with Gasteiger partial charge in [0.2, 0.25) is 0 Å². The Morgan fingerprint density at radius 1 is 1.53 bits per heavy atom. The molecule has 2 N–H and O–H groups in total. The van der Waals surface area contributed by atoms with Gasteiger partial charge in [0.15, 0.2) is 0 Å². The fourth-order valence-electron chi connectivity index (χ4n) is 2.32. The van der Waals surface area contributed by atoms with Crippen molar-refractivity contribution < 1.29 is 14.6 Å². The molecule has 0 bridgehead atoms. The number of carbonyl (C=O) groups excluding carboxylic acids is 1. The highest BCUT2D eigenvalue weighted by molar-refractivity contribution is 6.30. The number of phenolic OH excluding ortho intramolecular Hbond substituents is 1. The van der Waals surface area contributed by atoms with E-state index in [2.05, 4.69) is 5.32 Å². The summed E-state index contributed by atoms with van der Waals surface area (Å²) in [5.41, 5.74) is 0.0202. The number of benzene rings is 1. The molecule has 1 saturated heterocycles. The zero-order valence-corrected chi connectivity index (χ0v) is 11.8. The minimum absolute atomic E-state index is 0.0614. The summed E-state index contributed by atoms with van der Waals surface area (Å²) in [6.07, 6.45) is 1.54. The van der Waals surface area contributed by atoms with Crippen molar-refractivity contribution in [2.75, 3.05) is 6.61 Å². The van der Waals surface area contributed by atoms with Crippen molar-refractivity contribution in [2.45, 2.75) is 38.3 Å². The van der Waals surface area contributed by atoms with Crippen LogP contribution < -0.4 is 5.32 Å². The Morgan fingerprint density at radius 3 is 2.89 bits per heavy atom. The van der Waals surface area contributed by atoms with E-state index >= 15 is 0 Å². The Kier molecular flexibility index (Phi) is 4.02. The first-order valence-corrected chi connectivity index (χ1v) is 6.68. The lowest BCUT2D eigenvalue weighted by atomic mass is 9.93. The summed E-state index contributed by atoms with van der Waals surface area (Å²) in [6, 6.07) is 4.54. The summed E-state index contributed by atoms with van der Waals surface area (Å²) in [7, 11) is 0. The van der Waals surface area contributed by atoms with Crippen molar-refractivity contribution in [3.05, 3.63) is 28.8 Å². The Bertz CT molecular complexity index is 488. The van der Waals surface area contributed by atoms with Gasteiger partial charge < -0.3 is 15.2 Å². The molecular weight excluding hydrogens is 266 g/mol. The van der Waals surface area contributed by atoms with Crippen molar-refractivity contribution in [1.82, 2.24) is 5.32 Å². The summed E-state index contributed by atoms with van der Waals surface area (Å²) in [6.45, 7) is 4.64. The number of halogens is 1. The molecule has 1 aromatic rings. The SMILES string of the molecule is CC1(C)CC(NC(=O)c2ccc(Cl)cc2O)CCO1. The topological polar surface area (TPSA) is 58.6 Å². The van der Waals surface area contributed by atoms with E-state index in [1.54, 1.807) is 6.07 Å². The van der Waals surface area contributed by atoms with Gasteiger partial charge in [-0.05, 0) is 44.9 Å². The molecule has 19 heavy (non-hydrogen) atoms. The third-order valence-corrected chi connectivity index (χ3v) is 3.47. The second-order valence-corrected chi connectivity index (χ2v) is 5.87. The number of hydrogen-bond donors (Lipinski definition) is 2. The summed E-state index contributed by atoms with van der Waals surface area (Å²) >= 11 is 5.74. The first-order chi connectivity index (χ1) is 8.87. The molecule has 1 amide bonds. The molecule has 104 valence electrons. The highest BCUT2D eigenvalue weighted by Gasteiger charge is 2.30. The first-order valence-electron chi connectivity index (χ1n) is 6.31. The molecule has 0 spiro atoms. The molecule has 1 atom stereocenters. The van der Waals surface area contributed by atoms with E-state index in [-0.39, 0.29) is 28.9 Å². The maximum absolute atomic E-state index is 12.1. The van der Waals surface area contributed by atoms with E-state index in [0.717, 1.165) is 12.8 Å². The molecule has 2 rings (SSSR count). The smallest absolute Gasteiger partial charge is 0.255 e. The minimum Gasteiger partial charge on any atom is -0.507 e. The van der Waals surface area contributed by atoms with Crippen LogP contribution in [-0.2, 0) is 4.74 Å². The number of aromatic hydroxyl groups is 1. The van der Waals surface area contributed by atoms with E-state index in [1.165, 1.54) is 12.1 Å². The van der Waals surface area contributed by atoms with Gasteiger partial charge in [-0.3, -0.25) is 4.79 Å². The van der Waals surface area contributed by atoms with Crippen LogP contribution in [0.15, 0.2) is 18.2 Å². The fourth-order valence-corrected chi connectivity index (χ4v) is 2.48. The number of hydrogen-bond acceptors (Lipinski definition) is 3. The van der Waals surface area contributed by atoms with Gasteiger partial charge >= 0.3 is 0 Å². The molecule has 4 nitrogen and oxygen atoms in total. The largest absolute Gasteiger partial charge is 0.507 e. The van der Waals surface area contributed by atoms with Gasteiger partial charge in [-0.2, -0.15) is 0 Å². The molecule has 1 aliphatic rings. The van der Waals surface area contributed by atoms with E-state index in [4.69, 9.17) is 16.3 Å². The standard InChI is InChI=1S/C14H18ClNO3/c1-14(2)8-10(5-6-19-14)16-13(18)11-4-3-9(15)7-12(11)17/h3-4,7,10,17H,5-6,8H2,1-2H3,(H,16,18). The summed E-state index contributed by atoms with van der Waals surface area (Å²) < 4.78 is 5.60. The Labute approximate surface area is 117 Å². The Hall–Kier alpha value is -1.26. The lowest BCUT2D eigenvalue weighted by molar-refractivity contribution is -0.0615. The van der Waals surface area contributed by atoms with Crippen LogP contribution >= 0.6 is 11.6 Å². The van der Waals surface area contributed by atoms with Gasteiger partial charge in [0.1, 0.15) is 5.75 Å². The van der Waals surface area contributed by atoms with Gasteiger partial charge in [0, 0.05) is 17.7 Å². The van der Waals surface area contributed by atoms with Crippen molar-refractivity contribution in [3.63, 3.8) is 0 Å². The predicted octanol–water partition coefficient (Wildman–Crippen LogP) is 2.73. The molecule has 5 heteroatoms. The van der Waals surface area contributed by atoms with E-state index < -0.39 is 0 Å². The van der Waals surface area contributed by atoms with Gasteiger partial charge in [-0.15, -0.1) is 0 Å². The van der Waals surface area contributed by atoms with Crippen LogP contribution in [0.25, 0.3) is 0 Å². The predicted molar refractivity (Wildman–Crippen MR) is 73.6 cm³/mol. The third-order valence-electron chi connectivity index (χ3n) is 3.24. The highest BCUT2D eigenvalue weighted by atomic mass is 35.5. The minimum atomic E-state index is -0.281. The van der Waals surface area contributed by atoms with Crippen LogP contribution in [0, 0.1) is 0 Å². The Balaban J connectivity index is 2.04. The number of ether oxygens (including phenoxy) is 1. The number of rotatable bonds is 2. The molecule has 0 aliphatic carbocycles. The van der Waals surface area contributed by atoms with Gasteiger partial charge in [0.25, 0.3) is 5.91 Å². The quantitative estimate of drug-likeness (QED) is 0.877. The second-order valence-electron chi connectivity index (χ2n) is 5.43. The molecule has 1 unspecified atom stereocenters. The maximum Gasteiger partial charge on any atom is 0.255 e. The van der Waals surface area contributed by atoms with Gasteiger partial charge in [-0.1, -0.05) is 11.6 Å². The maximum atomic E-state index is 12.1. The van der Waals surface area contributed by atoms with Crippen molar-refractivity contribution in [2.24, 2.45) is 0 Å². The monoisotopic (exact) mass is 283 g/mol. The lowest BCUT2D eigenvalue weighted by Crippen LogP contribution is -2.45. The van der Waals surface area contributed by atoms with Gasteiger partial charge in [0.05, 0.1) is 11.2 Å². The molecule has 1 aliphatic heterocycles. The molecule has 1 heterocycles. The summed E-state index contributed by atoms with van der Waals surface area (Å²) in [4.78, 5) is 12.1. The molecule has 0 saturated carbocycles. The molecular formula is C14H18ClNO3. The van der Waals surface area contributed by atoms with Crippen LogP contribution in [0.4, 0.5) is 0 Å². The average Bonchev–Trinajstić information content (AvgIpc) is 2.27. The van der Waals surface area contributed by atoms with E-state index in [1.807, 2.05) is 13.8 Å². The highest BCUT2D eigenvalue weighted by Crippen LogP contribution is 2.25. The van der Waals surface area contributed by atoms with Crippen LogP contribution in [-0.4, -0.2) is 29.3 Å². The van der Waals surface area contributed by atoms with Crippen molar-refractivity contribution in [3.8, 4) is 5.75 Å². The normalized spacial score (nSPS) is 21.9. The number of carbonyl (C=O) groups is 1. The van der Waals surface area contributed by atoms with Gasteiger partial charge in [-0.25, -0.2) is 0 Å². The van der Waals surface area contributed by atoms with Crippen molar-refractivity contribution in [1.29, 1.82) is 0 Å². The Morgan fingerprint density at radius 2 is 2.26 bits per heavy atom. The number of amides is 1. The third kappa shape index (κ3) is 3.61. The van der Waals surface area contributed by atoms with E-state index in [9.17, 15) is 9.90 Å². The molecule has 0 aromatic heterocycles. The molecule has 1 aromatic carbocycles. The number of nitrogens with one attached hydrogen (secondary N) is 1. The molecule has 1 fully saturated rings. The zero-order chi connectivity index (χ0) is 14.0. The van der Waals surface area contributed by atoms with Crippen LogP contribution in [0.1, 0.15) is 37.0 Å². The van der Waals surface area contributed by atoms with E-state index in [0.29, 0.717) is 11.6 Å². The fraction of sp³-hybridized carbons (Fsp3) is 0.500. The first kappa shape index (κ1) is 14.2. The number of phenols is 1. The lowest BCUT2D eigenvalue weighted by Gasteiger charge is -2.35. The summed E-state index contributed by atoms with van der Waals surface area (Å²) in [5.74, 6) is -0.381. The average molecular weight is 284 g/mol. The zero-order valence-electron chi connectivity index (χ0n) is 11.1. The van der Waals surface area contributed by atoms with Crippen LogP contribution in [0.3, 0.4) is 0 Å². The molecule has 0 radical (unpaired) electrons. The van der Waals surface area contributed by atoms with Crippen LogP contribution in [0.2, 0.25) is 5.02 Å². The summed E-state index contributed by atoms with van der Waals surface area (Å²) in [5, 5.41) is 13.1. The van der Waals surface area contributed by atoms with Crippen molar-refractivity contribution >= 4 is 17.5 Å². The van der Waals surface area contributed by atoms with Crippen LogP contribution in [0.5, 0.6) is 5.75 Å². The second kappa shape index (κ2) is 5.39.